The van der Waals surface area contributed by atoms with Crippen LogP contribution < -0.4 is 9.47 Å². The van der Waals surface area contributed by atoms with Gasteiger partial charge < -0.3 is 18.6 Å². The number of carbonyl (C=O) groups excluding carboxylic acids is 2. The highest BCUT2D eigenvalue weighted by Crippen LogP contribution is 2.27. The molecule has 0 atom stereocenters. The number of methoxy groups -OCH3 is 2. The Hall–Kier alpha value is -2.76. The number of esters is 1. The van der Waals surface area contributed by atoms with E-state index in [1.807, 2.05) is 0 Å². The summed E-state index contributed by atoms with van der Waals surface area (Å²) >= 11 is 0. The van der Waals surface area contributed by atoms with Crippen molar-refractivity contribution in [2.75, 3.05) is 20.8 Å². The van der Waals surface area contributed by atoms with Crippen molar-refractivity contribution >= 4 is 11.8 Å². The zero-order valence-electron chi connectivity index (χ0n) is 12.5. The molecule has 0 unspecified atom stereocenters. The van der Waals surface area contributed by atoms with Crippen molar-refractivity contribution in [1.29, 1.82) is 0 Å². The molecule has 1 aromatic heterocycles. The summed E-state index contributed by atoms with van der Waals surface area (Å²) in [6.45, 7) is 1.33. The maximum absolute atomic E-state index is 12.0. The summed E-state index contributed by atoms with van der Waals surface area (Å²) in [5, 5.41) is 0. The summed E-state index contributed by atoms with van der Waals surface area (Å²) < 4.78 is 20.3. The number of Topliss-reactive ketones (excluding diaryl/α,β-unsaturated/α-hetero) is 1. The first-order valence-corrected chi connectivity index (χ1v) is 6.54. The number of benzene rings is 1. The smallest absolute Gasteiger partial charge is 0.374 e. The predicted molar refractivity (Wildman–Crippen MR) is 77.6 cm³/mol. The van der Waals surface area contributed by atoms with Gasteiger partial charge in [-0.15, -0.1) is 0 Å². The summed E-state index contributed by atoms with van der Waals surface area (Å²) in [6.07, 6.45) is 0. The average Bonchev–Trinajstić information content (AvgIpc) is 2.98. The SMILES string of the molecule is COc1ccc(C(=O)COC(=O)c2ccc(C)o2)cc1OC. The van der Waals surface area contributed by atoms with E-state index in [0.717, 1.165) is 0 Å². The van der Waals surface area contributed by atoms with E-state index < -0.39 is 5.97 Å². The van der Waals surface area contributed by atoms with Crippen molar-refractivity contribution in [3.05, 3.63) is 47.4 Å². The summed E-state index contributed by atoms with van der Waals surface area (Å²) in [5.41, 5.74) is 0.362. The van der Waals surface area contributed by atoms with Crippen LogP contribution in [0.2, 0.25) is 0 Å². The lowest BCUT2D eigenvalue weighted by atomic mass is 10.1. The number of ketones is 1. The zero-order chi connectivity index (χ0) is 16.1. The minimum absolute atomic E-state index is 0.0672. The Morgan fingerprint density at radius 3 is 2.36 bits per heavy atom. The van der Waals surface area contributed by atoms with Crippen molar-refractivity contribution in [2.24, 2.45) is 0 Å². The van der Waals surface area contributed by atoms with Crippen molar-refractivity contribution in [1.82, 2.24) is 0 Å². The normalized spacial score (nSPS) is 10.1. The van der Waals surface area contributed by atoms with Gasteiger partial charge in [-0.1, -0.05) is 0 Å². The number of hydrogen-bond acceptors (Lipinski definition) is 6. The second-order valence-electron chi connectivity index (χ2n) is 4.48. The van der Waals surface area contributed by atoms with Gasteiger partial charge >= 0.3 is 5.97 Å². The molecule has 0 fully saturated rings. The summed E-state index contributed by atoms with van der Waals surface area (Å²) in [5.74, 6) is 0.582. The minimum atomic E-state index is -0.679. The molecule has 0 aliphatic rings. The lowest BCUT2D eigenvalue weighted by Crippen LogP contribution is -2.14. The topological polar surface area (TPSA) is 75.0 Å². The fourth-order valence-corrected chi connectivity index (χ4v) is 1.84. The van der Waals surface area contributed by atoms with Gasteiger partial charge in [0.1, 0.15) is 5.76 Å². The van der Waals surface area contributed by atoms with E-state index in [9.17, 15) is 9.59 Å². The molecular formula is C16H16O6. The van der Waals surface area contributed by atoms with Crippen LogP contribution in [-0.2, 0) is 4.74 Å². The first kappa shape index (κ1) is 15.6. The molecule has 0 radical (unpaired) electrons. The molecule has 6 heteroatoms. The highest BCUT2D eigenvalue weighted by Gasteiger charge is 2.16. The number of carbonyl (C=O) groups is 2. The predicted octanol–water partition coefficient (Wildman–Crippen LogP) is 2.64. The van der Waals surface area contributed by atoms with Crippen LogP contribution in [0, 0.1) is 6.92 Å². The van der Waals surface area contributed by atoms with Gasteiger partial charge in [0.25, 0.3) is 0 Å². The van der Waals surface area contributed by atoms with Gasteiger partial charge in [0.15, 0.2) is 23.9 Å². The van der Waals surface area contributed by atoms with Crippen LogP contribution in [-0.4, -0.2) is 32.6 Å². The van der Waals surface area contributed by atoms with Crippen molar-refractivity contribution in [2.45, 2.75) is 6.92 Å². The molecule has 0 aliphatic carbocycles. The Bertz CT molecular complexity index is 686. The van der Waals surface area contributed by atoms with Gasteiger partial charge in [-0.3, -0.25) is 4.79 Å². The standard InChI is InChI=1S/C16H16O6/c1-10-4-6-14(22-10)16(18)21-9-12(17)11-5-7-13(19-2)15(8-11)20-3/h4-8H,9H2,1-3H3. The van der Waals surface area contributed by atoms with Crippen molar-refractivity contribution in [3.63, 3.8) is 0 Å². The van der Waals surface area contributed by atoms with Crippen molar-refractivity contribution in [3.8, 4) is 11.5 Å². The molecule has 2 rings (SSSR count). The van der Waals surface area contributed by atoms with Gasteiger partial charge in [0, 0.05) is 5.56 Å². The van der Waals surface area contributed by atoms with Gasteiger partial charge in [-0.25, -0.2) is 4.79 Å². The maximum Gasteiger partial charge on any atom is 0.374 e. The monoisotopic (exact) mass is 304 g/mol. The Morgan fingerprint density at radius 2 is 1.77 bits per heavy atom. The number of furan rings is 1. The van der Waals surface area contributed by atoms with Crippen LogP contribution in [0.3, 0.4) is 0 Å². The Morgan fingerprint density at radius 1 is 1.05 bits per heavy atom. The first-order valence-electron chi connectivity index (χ1n) is 6.54. The summed E-state index contributed by atoms with van der Waals surface area (Å²) in [6, 6.07) is 7.87. The second-order valence-corrected chi connectivity index (χ2v) is 4.48. The number of hydrogen-bond donors (Lipinski definition) is 0. The highest BCUT2D eigenvalue weighted by atomic mass is 16.5. The van der Waals surface area contributed by atoms with Crippen LogP contribution in [0.1, 0.15) is 26.7 Å². The summed E-state index contributed by atoms with van der Waals surface area (Å²) in [4.78, 5) is 23.8. The Kier molecular flexibility index (Phi) is 4.83. The first-order chi connectivity index (χ1) is 10.5. The molecular weight excluding hydrogens is 288 g/mol. The number of ether oxygens (including phenoxy) is 3. The third-order valence-corrected chi connectivity index (χ3v) is 2.98. The lowest BCUT2D eigenvalue weighted by Gasteiger charge is -2.09. The minimum Gasteiger partial charge on any atom is -0.493 e. The van der Waals surface area contributed by atoms with E-state index in [1.54, 1.807) is 25.1 Å². The molecule has 0 saturated carbocycles. The molecule has 0 N–H and O–H groups in total. The molecule has 0 aliphatic heterocycles. The molecule has 2 aromatic rings. The van der Waals surface area contributed by atoms with E-state index in [1.165, 1.54) is 26.4 Å². The zero-order valence-corrected chi connectivity index (χ0v) is 12.5. The number of rotatable bonds is 6. The van der Waals surface area contributed by atoms with Crippen LogP contribution in [0.15, 0.2) is 34.7 Å². The average molecular weight is 304 g/mol. The molecule has 1 aromatic carbocycles. The largest absolute Gasteiger partial charge is 0.493 e. The van der Waals surface area contributed by atoms with Gasteiger partial charge in [-0.05, 0) is 37.3 Å². The van der Waals surface area contributed by atoms with Gasteiger partial charge in [-0.2, -0.15) is 0 Å². The summed E-state index contributed by atoms with van der Waals surface area (Å²) in [7, 11) is 2.98. The van der Waals surface area contributed by atoms with E-state index in [0.29, 0.717) is 22.8 Å². The molecule has 116 valence electrons. The van der Waals surface area contributed by atoms with E-state index in [4.69, 9.17) is 18.6 Å². The quantitative estimate of drug-likeness (QED) is 0.603. The molecule has 0 amide bonds. The molecule has 0 saturated heterocycles. The van der Waals surface area contributed by atoms with Crippen LogP contribution in [0.4, 0.5) is 0 Å². The van der Waals surface area contributed by atoms with E-state index in [2.05, 4.69) is 0 Å². The Balaban J connectivity index is 2.02. The molecule has 6 nitrogen and oxygen atoms in total. The number of aryl methyl sites for hydroxylation is 1. The highest BCUT2D eigenvalue weighted by molar-refractivity contribution is 5.99. The van der Waals surface area contributed by atoms with Crippen molar-refractivity contribution < 1.29 is 28.2 Å². The van der Waals surface area contributed by atoms with Crippen LogP contribution in [0.25, 0.3) is 0 Å². The fraction of sp³-hybridized carbons (Fsp3) is 0.250. The van der Waals surface area contributed by atoms with Crippen LogP contribution >= 0.6 is 0 Å². The van der Waals surface area contributed by atoms with E-state index >= 15 is 0 Å². The molecule has 0 bridgehead atoms. The molecule has 22 heavy (non-hydrogen) atoms. The third-order valence-electron chi connectivity index (χ3n) is 2.98. The van der Waals surface area contributed by atoms with Gasteiger partial charge in [0.05, 0.1) is 14.2 Å². The van der Waals surface area contributed by atoms with E-state index in [-0.39, 0.29) is 18.2 Å². The Labute approximate surface area is 127 Å². The fourth-order valence-electron chi connectivity index (χ4n) is 1.84. The maximum atomic E-state index is 12.0. The van der Waals surface area contributed by atoms with Crippen LogP contribution in [0.5, 0.6) is 11.5 Å². The molecule has 1 heterocycles. The third kappa shape index (κ3) is 3.46. The van der Waals surface area contributed by atoms with Gasteiger partial charge in [0.2, 0.25) is 5.76 Å². The lowest BCUT2D eigenvalue weighted by molar-refractivity contribution is 0.0442. The molecule has 0 spiro atoms. The second kappa shape index (κ2) is 6.80.